The highest BCUT2D eigenvalue weighted by molar-refractivity contribution is 6.29. The van der Waals surface area contributed by atoms with E-state index in [1.807, 2.05) is 0 Å². The lowest BCUT2D eigenvalue weighted by molar-refractivity contribution is 0.0973. The molecule has 0 amide bonds. The molecule has 0 N–H and O–H groups in total. The molecule has 0 unspecified atom stereocenters. The van der Waals surface area contributed by atoms with E-state index in [4.69, 9.17) is 18.9 Å². The van der Waals surface area contributed by atoms with E-state index in [0.717, 1.165) is 0 Å². The first-order valence-corrected chi connectivity index (χ1v) is 10.8. The maximum atomic E-state index is 13.4. The molecule has 176 valence electrons. The summed E-state index contributed by atoms with van der Waals surface area (Å²) in [5.41, 5.74) is 0.101. The first-order valence-electron chi connectivity index (χ1n) is 10.8. The minimum Gasteiger partial charge on any atom is -0.395 e. The lowest BCUT2D eigenvalue weighted by Crippen LogP contribution is -2.25. The maximum absolute atomic E-state index is 13.4. The van der Waals surface area contributed by atoms with Crippen molar-refractivity contribution in [2.24, 2.45) is 0 Å². The van der Waals surface area contributed by atoms with Gasteiger partial charge in [0.1, 0.15) is 11.5 Å². The van der Waals surface area contributed by atoms with Crippen LogP contribution in [0.15, 0.2) is 97.1 Å². The number of ether oxygens (including phenoxy) is 4. The third-order valence-corrected chi connectivity index (χ3v) is 5.28. The molecule has 0 bridgehead atoms. The summed E-state index contributed by atoms with van der Waals surface area (Å²) in [7, 11) is 0. The first-order chi connectivity index (χ1) is 17.5. The SMILES string of the molecule is O=C(Oc1ccccc1)Oc1ccc2c(c1OC(=O)Oc1ccccc1)C(=O)c1ccccc1C2=O. The predicted molar refractivity (Wildman–Crippen MR) is 126 cm³/mol. The van der Waals surface area contributed by atoms with Gasteiger partial charge in [-0.25, -0.2) is 9.59 Å². The molecule has 0 fully saturated rings. The molecule has 0 heterocycles. The fourth-order valence-corrected chi connectivity index (χ4v) is 3.70. The lowest BCUT2D eigenvalue weighted by atomic mass is 9.83. The molecule has 0 atom stereocenters. The predicted octanol–water partition coefficient (Wildman–Crippen LogP) is 5.62. The van der Waals surface area contributed by atoms with Crippen molar-refractivity contribution in [2.75, 3.05) is 0 Å². The van der Waals surface area contributed by atoms with Crippen LogP contribution in [0, 0.1) is 0 Å². The molecule has 0 aliphatic heterocycles. The van der Waals surface area contributed by atoms with Gasteiger partial charge in [-0.05, 0) is 36.4 Å². The van der Waals surface area contributed by atoms with Crippen LogP contribution in [0.2, 0.25) is 0 Å². The van der Waals surface area contributed by atoms with Gasteiger partial charge >= 0.3 is 12.3 Å². The summed E-state index contributed by atoms with van der Waals surface area (Å²) in [5.74, 6) is -1.37. The average Bonchev–Trinajstić information content (AvgIpc) is 2.89. The highest BCUT2D eigenvalue weighted by Gasteiger charge is 2.35. The fraction of sp³-hybridized carbons (Fsp3) is 0. The van der Waals surface area contributed by atoms with Crippen LogP contribution in [-0.4, -0.2) is 23.9 Å². The van der Waals surface area contributed by atoms with Gasteiger partial charge in [0.25, 0.3) is 0 Å². The van der Waals surface area contributed by atoms with Gasteiger partial charge in [-0.15, -0.1) is 0 Å². The number of para-hydroxylation sites is 2. The molecule has 4 aromatic carbocycles. The number of ketones is 2. The lowest BCUT2D eigenvalue weighted by Gasteiger charge is -2.21. The van der Waals surface area contributed by atoms with Crippen molar-refractivity contribution >= 4 is 23.9 Å². The molecule has 0 spiro atoms. The molecular weight excluding hydrogens is 464 g/mol. The van der Waals surface area contributed by atoms with Crippen LogP contribution in [0.1, 0.15) is 31.8 Å². The Bertz CT molecular complexity index is 1490. The molecule has 0 saturated carbocycles. The minimum atomic E-state index is -1.20. The zero-order chi connectivity index (χ0) is 25.1. The van der Waals surface area contributed by atoms with E-state index >= 15 is 0 Å². The third-order valence-electron chi connectivity index (χ3n) is 5.28. The fourth-order valence-electron chi connectivity index (χ4n) is 3.70. The number of hydrogen-bond acceptors (Lipinski definition) is 8. The molecular formula is C28H16O8. The molecule has 0 radical (unpaired) electrons. The second-order valence-corrected chi connectivity index (χ2v) is 7.55. The van der Waals surface area contributed by atoms with Crippen LogP contribution in [0.4, 0.5) is 9.59 Å². The smallest absolute Gasteiger partial charge is 0.395 e. The Kier molecular flexibility index (Phi) is 5.98. The number of carbonyl (C=O) groups is 4. The summed E-state index contributed by atoms with van der Waals surface area (Å²) >= 11 is 0. The topological polar surface area (TPSA) is 105 Å². The normalized spacial score (nSPS) is 11.7. The van der Waals surface area contributed by atoms with Gasteiger partial charge in [0.2, 0.25) is 0 Å². The Morgan fingerprint density at radius 3 is 1.56 bits per heavy atom. The minimum absolute atomic E-state index is 0.00927. The average molecular weight is 480 g/mol. The Hall–Kier alpha value is -5.24. The standard InChI is InChI=1S/C28H16O8/c29-24-19-13-7-8-14-20(19)25(30)23-21(24)15-16-22(35-27(31)33-17-9-3-1-4-10-17)26(23)36-28(32)34-18-11-5-2-6-12-18/h1-16H. The summed E-state index contributed by atoms with van der Waals surface area (Å²) in [5, 5.41) is 0. The van der Waals surface area contributed by atoms with E-state index in [1.54, 1.807) is 60.7 Å². The third kappa shape index (κ3) is 4.43. The number of fused-ring (bicyclic) bond motifs is 2. The summed E-state index contributed by atoms with van der Waals surface area (Å²) in [6, 6.07) is 25.1. The van der Waals surface area contributed by atoms with Crippen LogP contribution in [-0.2, 0) is 0 Å². The summed E-state index contributed by atoms with van der Waals surface area (Å²) in [6.07, 6.45) is -2.34. The Morgan fingerprint density at radius 1 is 0.472 bits per heavy atom. The van der Waals surface area contributed by atoms with Gasteiger partial charge in [-0.2, -0.15) is 0 Å². The quantitative estimate of drug-likeness (QED) is 0.241. The van der Waals surface area contributed by atoms with Crippen LogP contribution >= 0.6 is 0 Å². The van der Waals surface area contributed by atoms with Crippen molar-refractivity contribution in [3.8, 4) is 23.0 Å². The van der Waals surface area contributed by atoms with E-state index in [-0.39, 0.29) is 39.5 Å². The number of rotatable bonds is 4. The highest BCUT2D eigenvalue weighted by atomic mass is 16.7. The van der Waals surface area contributed by atoms with Crippen molar-refractivity contribution in [2.45, 2.75) is 0 Å². The zero-order valence-corrected chi connectivity index (χ0v) is 18.5. The van der Waals surface area contributed by atoms with Crippen LogP contribution in [0.3, 0.4) is 0 Å². The van der Waals surface area contributed by atoms with Crippen molar-refractivity contribution in [1.29, 1.82) is 0 Å². The van der Waals surface area contributed by atoms with E-state index in [2.05, 4.69) is 0 Å². The molecule has 36 heavy (non-hydrogen) atoms. The Balaban J connectivity index is 1.53. The van der Waals surface area contributed by atoms with Crippen LogP contribution in [0.5, 0.6) is 23.0 Å². The van der Waals surface area contributed by atoms with Gasteiger partial charge in [0.15, 0.2) is 23.1 Å². The van der Waals surface area contributed by atoms with E-state index in [0.29, 0.717) is 0 Å². The largest absolute Gasteiger partial charge is 0.519 e. The van der Waals surface area contributed by atoms with Gasteiger partial charge in [-0.3, -0.25) is 9.59 Å². The molecule has 1 aliphatic carbocycles. The summed E-state index contributed by atoms with van der Waals surface area (Å²) < 4.78 is 21.0. The van der Waals surface area contributed by atoms with Gasteiger partial charge in [-0.1, -0.05) is 60.7 Å². The zero-order valence-electron chi connectivity index (χ0n) is 18.5. The maximum Gasteiger partial charge on any atom is 0.519 e. The van der Waals surface area contributed by atoms with E-state index < -0.39 is 29.6 Å². The summed E-state index contributed by atoms with van der Waals surface area (Å²) in [6.45, 7) is 0. The molecule has 4 aromatic rings. The molecule has 8 heteroatoms. The van der Waals surface area contributed by atoms with E-state index in [9.17, 15) is 19.2 Å². The number of benzene rings is 4. The van der Waals surface area contributed by atoms with Crippen molar-refractivity contribution < 1.29 is 38.1 Å². The molecule has 0 saturated heterocycles. The van der Waals surface area contributed by atoms with Gasteiger partial charge in [0.05, 0.1) is 5.56 Å². The van der Waals surface area contributed by atoms with Crippen molar-refractivity contribution in [1.82, 2.24) is 0 Å². The second-order valence-electron chi connectivity index (χ2n) is 7.55. The monoisotopic (exact) mass is 480 g/mol. The summed E-state index contributed by atoms with van der Waals surface area (Å²) in [4.78, 5) is 51.6. The number of carbonyl (C=O) groups excluding carboxylic acids is 4. The van der Waals surface area contributed by atoms with Crippen molar-refractivity contribution in [3.63, 3.8) is 0 Å². The van der Waals surface area contributed by atoms with Crippen molar-refractivity contribution in [3.05, 3.63) is 119 Å². The highest BCUT2D eigenvalue weighted by Crippen LogP contribution is 2.40. The van der Waals surface area contributed by atoms with Gasteiger partial charge in [0, 0.05) is 16.7 Å². The number of hydrogen-bond donors (Lipinski definition) is 0. The Labute approximate surface area is 204 Å². The van der Waals surface area contributed by atoms with Crippen LogP contribution in [0.25, 0.3) is 0 Å². The van der Waals surface area contributed by atoms with Gasteiger partial charge < -0.3 is 18.9 Å². The molecule has 5 rings (SSSR count). The second kappa shape index (κ2) is 9.55. The molecule has 8 nitrogen and oxygen atoms in total. The van der Waals surface area contributed by atoms with E-state index in [1.165, 1.54) is 36.4 Å². The first kappa shape index (κ1) is 22.5. The molecule has 0 aromatic heterocycles. The van der Waals surface area contributed by atoms with Crippen LogP contribution < -0.4 is 18.9 Å². The Morgan fingerprint density at radius 2 is 0.972 bits per heavy atom. The molecule has 1 aliphatic rings.